The Balaban J connectivity index is 3.31. The van der Waals surface area contributed by atoms with Crippen LogP contribution in [0.2, 0.25) is 0 Å². The lowest BCUT2D eigenvalue weighted by molar-refractivity contribution is 0.159. The molecule has 0 bridgehead atoms. The van der Waals surface area contributed by atoms with Crippen LogP contribution in [0.15, 0.2) is 10.5 Å². The number of nitrogens with one attached hydrogen (secondary N) is 1. The zero-order valence-corrected chi connectivity index (χ0v) is 9.89. The number of rotatable bonds is 4. The van der Waals surface area contributed by atoms with E-state index < -0.39 is 5.82 Å². The third kappa shape index (κ3) is 2.39. The Morgan fingerprint density at radius 3 is 2.60 bits per heavy atom. The first kappa shape index (κ1) is 12.2. The zero-order valence-electron chi connectivity index (χ0n) is 8.30. The summed E-state index contributed by atoms with van der Waals surface area (Å²) >= 11 is 3.19. The van der Waals surface area contributed by atoms with E-state index in [1.165, 1.54) is 20.3 Å². The Morgan fingerprint density at radius 2 is 2.13 bits per heavy atom. The summed E-state index contributed by atoms with van der Waals surface area (Å²) in [4.78, 5) is 0. The number of hydrogen-bond acceptors (Lipinski definition) is 4. The molecule has 4 nitrogen and oxygen atoms in total. The van der Waals surface area contributed by atoms with Crippen molar-refractivity contribution in [2.45, 2.75) is 6.54 Å². The summed E-state index contributed by atoms with van der Waals surface area (Å²) < 4.78 is 23.9. The molecule has 0 fully saturated rings. The average molecular weight is 280 g/mol. The van der Waals surface area contributed by atoms with Gasteiger partial charge in [0.05, 0.1) is 18.7 Å². The van der Waals surface area contributed by atoms with Crippen molar-refractivity contribution in [3.63, 3.8) is 0 Å². The van der Waals surface area contributed by atoms with E-state index in [1.54, 1.807) is 0 Å². The van der Waals surface area contributed by atoms with E-state index in [2.05, 4.69) is 15.9 Å². The maximum Gasteiger partial charge on any atom is 0.175 e. The van der Waals surface area contributed by atoms with E-state index >= 15 is 0 Å². The summed E-state index contributed by atoms with van der Waals surface area (Å²) in [6.07, 6.45) is 0. The van der Waals surface area contributed by atoms with Gasteiger partial charge in [0, 0.05) is 18.2 Å². The van der Waals surface area contributed by atoms with E-state index in [-0.39, 0.29) is 12.1 Å². The maximum absolute atomic E-state index is 13.5. The standard InChI is InChI=1S/C9H11BrFNO3/c1-14-7-3-6(11)5(4-12-13)8(10)9(7)15-2/h3,12-13H,4H2,1-2H3. The van der Waals surface area contributed by atoms with E-state index in [0.29, 0.717) is 16.0 Å². The lowest BCUT2D eigenvalue weighted by Gasteiger charge is -2.13. The van der Waals surface area contributed by atoms with Gasteiger partial charge < -0.3 is 14.7 Å². The predicted molar refractivity (Wildman–Crippen MR) is 55.8 cm³/mol. The average Bonchev–Trinajstić information content (AvgIpc) is 2.23. The van der Waals surface area contributed by atoms with Crippen molar-refractivity contribution in [2.24, 2.45) is 0 Å². The van der Waals surface area contributed by atoms with Crippen molar-refractivity contribution >= 4 is 15.9 Å². The van der Waals surface area contributed by atoms with Crippen molar-refractivity contribution < 1.29 is 19.1 Å². The van der Waals surface area contributed by atoms with Gasteiger partial charge in [0.25, 0.3) is 0 Å². The topological polar surface area (TPSA) is 50.7 Å². The second-order valence-corrected chi connectivity index (χ2v) is 3.51. The lowest BCUT2D eigenvalue weighted by atomic mass is 10.2. The van der Waals surface area contributed by atoms with Crippen LogP contribution in [0.1, 0.15) is 5.56 Å². The van der Waals surface area contributed by atoms with Gasteiger partial charge in [0.15, 0.2) is 11.5 Å². The molecular formula is C9H11BrFNO3. The largest absolute Gasteiger partial charge is 0.493 e. The predicted octanol–water partition coefficient (Wildman–Crippen LogP) is 2.08. The molecule has 0 aliphatic rings. The molecule has 0 saturated heterocycles. The van der Waals surface area contributed by atoms with E-state index in [4.69, 9.17) is 14.7 Å². The minimum Gasteiger partial charge on any atom is -0.493 e. The van der Waals surface area contributed by atoms with Crippen LogP contribution in [0.5, 0.6) is 11.5 Å². The van der Waals surface area contributed by atoms with Gasteiger partial charge >= 0.3 is 0 Å². The van der Waals surface area contributed by atoms with Gasteiger partial charge in [0.2, 0.25) is 0 Å². The quantitative estimate of drug-likeness (QED) is 0.829. The second kappa shape index (κ2) is 5.29. The summed E-state index contributed by atoms with van der Waals surface area (Å²) in [5.74, 6) is 0.203. The number of benzene rings is 1. The van der Waals surface area contributed by atoms with Crippen LogP contribution in [-0.2, 0) is 6.54 Å². The molecule has 0 saturated carbocycles. The van der Waals surface area contributed by atoms with Gasteiger partial charge in [0.1, 0.15) is 5.82 Å². The van der Waals surface area contributed by atoms with E-state index in [0.717, 1.165) is 0 Å². The SMILES string of the molecule is COc1cc(F)c(CNO)c(Br)c1OC. The first-order valence-corrected chi connectivity index (χ1v) is 4.90. The van der Waals surface area contributed by atoms with Gasteiger partial charge in [-0.15, -0.1) is 0 Å². The minimum absolute atomic E-state index is 0.0211. The molecule has 84 valence electrons. The molecule has 0 amide bonds. The number of hydrogen-bond donors (Lipinski definition) is 2. The summed E-state index contributed by atoms with van der Waals surface area (Å²) in [5, 5.41) is 8.55. The molecule has 15 heavy (non-hydrogen) atoms. The molecule has 0 radical (unpaired) electrons. The summed E-state index contributed by atoms with van der Waals surface area (Å²) in [6.45, 7) is -0.0211. The molecule has 0 spiro atoms. The third-order valence-electron chi connectivity index (χ3n) is 1.91. The van der Waals surface area contributed by atoms with Crippen LogP contribution < -0.4 is 15.0 Å². The highest BCUT2D eigenvalue weighted by molar-refractivity contribution is 9.10. The number of methoxy groups -OCH3 is 2. The van der Waals surface area contributed by atoms with Crippen molar-refractivity contribution in [3.8, 4) is 11.5 Å². The fourth-order valence-electron chi connectivity index (χ4n) is 1.20. The lowest BCUT2D eigenvalue weighted by Crippen LogP contribution is -2.09. The Morgan fingerprint density at radius 1 is 1.47 bits per heavy atom. The van der Waals surface area contributed by atoms with Crippen molar-refractivity contribution in [3.05, 3.63) is 21.9 Å². The fourth-order valence-corrected chi connectivity index (χ4v) is 1.89. The van der Waals surface area contributed by atoms with Crippen molar-refractivity contribution in [1.29, 1.82) is 0 Å². The normalized spacial score (nSPS) is 10.2. The Hall–Kier alpha value is -0.850. The van der Waals surface area contributed by atoms with Gasteiger partial charge in [-0.05, 0) is 15.9 Å². The smallest absolute Gasteiger partial charge is 0.175 e. The van der Waals surface area contributed by atoms with Crippen LogP contribution in [0.3, 0.4) is 0 Å². The number of halogens is 2. The summed E-state index contributed by atoms with van der Waals surface area (Å²) in [5.41, 5.74) is 2.16. The monoisotopic (exact) mass is 279 g/mol. The molecule has 0 aromatic heterocycles. The highest BCUT2D eigenvalue weighted by Crippen LogP contribution is 2.39. The number of hydroxylamine groups is 1. The van der Waals surface area contributed by atoms with Gasteiger partial charge in [-0.3, -0.25) is 0 Å². The first-order chi connectivity index (χ1) is 7.15. The van der Waals surface area contributed by atoms with E-state index in [1.807, 2.05) is 5.48 Å². The van der Waals surface area contributed by atoms with Gasteiger partial charge in [-0.25, -0.2) is 9.87 Å². The molecule has 1 rings (SSSR count). The van der Waals surface area contributed by atoms with Gasteiger partial charge in [-0.1, -0.05) is 0 Å². The molecule has 2 N–H and O–H groups in total. The molecular weight excluding hydrogens is 269 g/mol. The van der Waals surface area contributed by atoms with Crippen LogP contribution in [0.25, 0.3) is 0 Å². The second-order valence-electron chi connectivity index (χ2n) is 2.72. The minimum atomic E-state index is -0.485. The highest BCUT2D eigenvalue weighted by atomic mass is 79.9. The van der Waals surface area contributed by atoms with Crippen LogP contribution >= 0.6 is 15.9 Å². The highest BCUT2D eigenvalue weighted by Gasteiger charge is 2.17. The molecule has 1 aromatic carbocycles. The Labute approximate surface area is 95.1 Å². The molecule has 0 unspecified atom stereocenters. The Kier molecular flexibility index (Phi) is 4.31. The van der Waals surface area contributed by atoms with Gasteiger partial charge in [-0.2, -0.15) is 0 Å². The zero-order chi connectivity index (χ0) is 11.4. The van der Waals surface area contributed by atoms with Crippen LogP contribution in [0, 0.1) is 5.82 Å². The Bertz CT molecular complexity index is 360. The van der Waals surface area contributed by atoms with Crippen molar-refractivity contribution in [1.82, 2.24) is 5.48 Å². The van der Waals surface area contributed by atoms with Crippen molar-refractivity contribution in [2.75, 3.05) is 14.2 Å². The molecule has 6 heteroatoms. The molecule has 0 aliphatic carbocycles. The first-order valence-electron chi connectivity index (χ1n) is 4.11. The summed E-state index contributed by atoms with van der Waals surface area (Å²) in [6, 6.07) is 1.20. The molecule has 0 heterocycles. The summed E-state index contributed by atoms with van der Waals surface area (Å²) in [7, 11) is 2.88. The maximum atomic E-state index is 13.5. The molecule has 0 aliphatic heterocycles. The molecule has 0 atom stereocenters. The number of ether oxygens (including phenoxy) is 2. The van der Waals surface area contributed by atoms with Crippen LogP contribution in [0.4, 0.5) is 4.39 Å². The molecule has 1 aromatic rings. The fraction of sp³-hybridized carbons (Fsp3) is 0.333. The van der Waals surface area contributed by atoms with E-state index in [9.17, 15) is 4.39 Å². The van der Waals surface area contributed by atoms with Crippen LogP contribution in [-0.4, -0.2) is 19.4 Å². The third-order valence-corrected chi connectivity index (χ3v) is 2.75.